The number of hydrogen-bond acceptors (Lipinski definition) is 10. The number of likely N-dealkylation sites (N-methyl/N-ethyl adjacent to an activating group) is 2. The van der Waals surface area contributed by atoms with E-state index in [-0.39, 0.29) is 55.8 Å². The first-order chi connectivity index (χ1) is 30.4. The number of nitrogens with zero attached hydrogens (tertiary/aromatic N) is 5. The van der Waals surface area contributed by atoms with Crippen molar-refractivity contribution in [3.8, 4) is 28.1 Å². The average Bonchev–Trinajstić information content (AvgIpc) is 3.93. The number of phenols is 1. The van der Waals surface area contributed by atoms with Gasteiger partial charge in [-0.3, -0.25) is 39.3 Å². The molecule has 0 spiro atoms. The highest BCUT2D eigenvalue weighted by Gasteiger charge is 2.42. The molecule has 2 aromatic carbocycles. The van der Waals surface area contributed by atoms with Gasteiger partial charge in [-0.05, 0) is 104 Å². The van der Waals surface area contributed by atoms with E-state index in [1.807, 2.05) is 45.3 Å². The molecule has 5 heterocycles. The minimum absolute atomic E-state index is 0.00518. The van der Waals surface area contributed by atoms with Crippen molar-refractivity contribution < 1.29 is 33.8 Å². The maximum atomic E-state index is 14.7. The first-order valence-electron chi connectivity index (χ1n) is 22.6. The summed E-state index contributed by atoms with van der Waals surface area (Å²) >= 11 is 0. The molecular formula is C49H64N8O7. The summed E-state index contributed by atoms with van der Waals surface area (Å²) in [6.45, 7) is 14.8. The van der Waals surface area contributed by atoms with Gasteiger partial charge < -0.3 is 29.5 Å². The van der Waals surface area contributed by atoms with Crippen LogP contribution in [0.25, 0.3) is 33.3 Å². The quantitative estimate of drug-likeness (QED) is 0.130. The molecule has 4 N–H and O–H groups in total. The van der Waals surface area contributed by atoms with E-state index in [0.717, 1.165) is 45.3 Å². The molecule has 0 radical (unpaired) electrons. The first-order valence-corrected chi connectivity index (χ1v) is 22.6. The third-order valence-corrected chi connectivity index (χ3v) is 13.0. The number of esters is 1. The summed E-state index contributed by atoms with van der Waals surface area (Å²) < 4.78 is 8.41. The van der Waals surface area contributed by atoms with Crippen molar-refractivity contribution in [2.45, 2.75) is 117 Å². The Bertz CT molecular complexity index is 2440. The van der Waals surface area contributed by atoms with Gasteiger partial charge in [0.2, 0.25) is 17.7 Å². The number of pyridine rings is 1. The van der Waals surface area contributed by atoms with Crippen molar-refractivity contribution in [3.63, 3.8) is 0 Å². The highest BCUT2D eigenvalue weighted by Crippen LogP contribution is 2.41. The summed E-state index contributed by atoms with van der Waals surface area (Å²) in [6.07, 6.45) is 6.11. The van der Waals surface area contributed by atoms with E-state index in [0.29, 0.717) is 31.4 Å². The maximum absolute atomic E-state index is 14.7. The zero-order chi connectivity index (χ0) is 46.2. The van der Waals surface area contributed by atoms with E-state index in [9.17, 15) is 29.1 Å². The van der Waals surface area contributed by atoms with Gasteiger partial charge in [-0.1, -0.05) is 46.8 Å². The number of hydrogen-bond donors (Lipinski definition) is 4. The lowest BCUT2D eigenvalue weighted by Crippen LogP contribution is -2.62. The molecule has 2 saturated heterocycles. The van der Waals surface area contributed by atoms with E-state index in [2.05, 4.69) is 71.5 Å². The Morgan fingerprint density at radius 3 is 2.50 bits per heavy atom. The molecule has 3 aliphatic rings. The van der Waals surface area contributed by atoms with Gasteiger partial charge >= 0.3 is 5.97 Å². The number of ether oxygens (including phenoxy) is 1. The molecule has 15 heteroatoms. The highest BCUT2D eigenvalue weighted by atomic mass is 16.5. The average molecular weight is 877 g/mol. The van der Waals surface area contributed by atoms with Crippen molar-refractivity contribution >= 4 is 40.5 Å². The predicted molar refractivity (Wildman–Crippen MR) is 245 cm³/mol. The molecule has 0 saturated carbocycles. The molecule has 342 valence electrons. The van der Waals surface area contributed by atoms with Crippen molar-refractivity contribution in [2.75, 3.05) is 33.8 Å². The lowest BCUT2D eigenvalue weighted by Gasteiger charge is -2.37. The van der Waals surface area contributed by atoms with E-state index < -0.39 is 47.2 Å². The van der Waals surface area contributed by atoms with Gasteiger partial charge in [0.15, 0.2) is 0 Å². The Kier molecular flexibility index (Phi) is 13.5. The number of phenolic OH excluding ortho intramolecular Hbond substituents is 1. The van der Waals surface area contributed by atoms with Crippen LogP contribution in [-0.4, -0.2) is 123 Å². The van der Waals surface area contributed by atoms with Crippen LogP contribution in [0.5, 0.6) is 5.75 Å². The molecular weight excluding hydrogens is 813 g/mol. The van der Waals surface area contributed by atoms with Crippen molar-refractivity contribution in [2.24, 2.45) is 11.3 Å². The summed E-state index contributed by atoms with van der Waals surface area (Å²) in [6, 6.07) is 10.3. The molecule has 15 nitrogen and oxygen atoms in total. The SMILES string of the molecule is CCc1ccncc1-c1c2c3cc(ccc3n1CC)-c1cc(O)cc(c1)C[C@H](NC(=O)[C@H](C(C)C)N(C)C(=O)CN(C)C(=O)[C@@H]1N[C@H]1C)C(=O)N1CCC[C@H](N1)C(=O)OCC(C)(C)C2. The second-order valence-corrected chi connectivity index (χ2v) is 18.9. The standard InChI is InChI=1S/C49H64N8O7/c1-10-31-16-17-50-25-37(31)44-36-24-49(6,7)27-64-48(63)38-13-12-18-57(53-38)46(61)39(21-30-19-33(22-34(58)20-30)32-14-15-40(35(36)23-32)56(44)11-2)52-45(60)43(28(3)4)55(9)41(59)26-54(8)47(62)42-29(5)51-42/h14-17,19-20,22-23,25,28-29,38-39,42-43,51,53,58H,10-13,18,21,24,26-27H2,1-9H3,(H,52,60)/t29-,38-,39-,42+,43-/m0/s1. The Morgan fingerprint density at radius 2 is 1.81 bits per heavy atom. The first kappa shape index (κ1) is 46.2. The van der Waals surface area contributed by atoms with Crippen LogP contribution in [0.4, 0.5) is 0 Å². The maximum Gasteiger partial charge on any atom is 0.324 e. The molecule has 64 heavy (non-hydrogen) atoms. The number of carbonyl (C=O) groups is 5. The van der Waals surface area contributed by atoms with Crippen LogP contribution in [0.15, 0.2) is 54.9 Å². The fourth-order valence-electron chi connectivity index (χ4n) is 9.44. The Labute approximate surface area is 375 Å². The van der Waals surface area contributed by atoms with Crippen LogP contribution in [0, 0.1) is 11.3 Å². The molecule has 5 atom stereocenters. The second-order valence-electron chi connectivity index (χ2n) is 18.9. The summed E-state index contributed by atoms with van der Waals surface area (Å²) in [5, 5.41) is 19.7. The molecule has 0 unspecified atom stereocenters. The number of cyclic esters (lactones) is 1. The molecule has 2 aromatic heterocycles. The lowest BCUT2D eigenvalue weighted by atomic mass is 9.84. The number of aromatic nitrogens is 2. The fourth-order valence-corrected chi connectivity index (χ4v) is 9.44. The largest absolute Gasteiger partial charge is 0.508 e. The second kappa shape index (κ2) is 18.7. The minimum Gasteiger partial charge on any atom is -0.508 e. The number of fused-ring (bicyclic) bond motifs is 6. The van der Waals surface area contributed by atoms with Crippen molar-refractivity contribution in [1.29, 1.82) is 0 Å². The third-order valence-electron chi connectivity index (χ3n) is 13.0. The number of hydrazine groups is 1. The van der Waals surface area contributed by atoms with Crippen LogP contribution in [0.2, 0.25) is 0 Å². The van der Waals surface area contributed by atoms with Gasteiger partial charge in [0.1, 0.15) is 29.9 Å². The normalized spacial score (nSPS) is 21.5. The lowest BCUT2D eigenvalue weighted by molar-refractivity contribution is -0.155. The minimum atomic E-state index is -1.17. The number of nitrogens with one attached hydrogen (secondary N) is 3. The van der Waals surface area contributed by atoms with E-state index in [4.69, 9.17) is 4.74 Å². The summed E-state index contributed by atoms with van der Waals surface area (Å²) in [4.78, 5) is 76.6. The fraction of sp³-hybridized carbons (Fsp3) is 0.510. The third kappa shape index (κ3) is 9.65. The zero-order valence-corrected chi connectivity index (χ0v) is 38.7. The molecule has 0 aliphatic carbocycles. The van der Waals surface area contributed by atoms with Gasteiger partial charge in [0.05, 0.1) is 18.8 Å². The molecule has 4 aromatic rings. The van der Waals surface area contributed by atoms with Crippen LogP contribution >= 0.6 is 0 Å². The van der Waals surface area contributed by atoms with Crippen LogP contribution in [0.1, 0.15) is 78.0 Å². The molecule has 7 rings (SSSR count). The molecule has 4 amide bonds. The Morgan fingerprint density at radius 1 is 1.06 bits per heavy atom. The smallest absolute Gasteiger partial charge is 0.324 e. The topological polar surface area (TPSA) is 188 Å². The summed E-state index contributed by atoms with van der Waals surface area (Å²) in [5.41, 5.74) is 10.2. The van der Waals surface area contributed by atoms with Gasteiger partial charge in [-0.2, -0.15) is 0 Å². The van der Waals surface area contributed by atoms with Gasteiger partial charge in [-0.15, -0.1) is 0 Å². The van der Waals surface area contributed by atoms with Crippen LogP contribution < -0.4 is 16.1 Å². The number of aromatic hydroxyl groups is 1. The van der Waals surface area contributed by atoms with Gasteiger partial charge in [0, 0.05) is 73.9 Å². The van der Waals surface area contributed by atoms with E-state index >= 15 is 0 Å². The number of benzene rings is 2. The van der Waals surface area contributed by atoms with Gasteiger partial charge in [-0.25, -0.2) is 5.43 Å². The Balaban J connectivity index is 1.29. The van der Waals surface area contributed by atoms with Crippen LogP contribution in [0.3, 0.4) is 0 Å². The molecule has 2 fully saturated rings. The zero-order valence-electron chi connectivity index (χ0n) is 38.7. The summed E-state index contributed by atoms with van der Waals surface area (Å²) in [7, 11) is 3.09. The Hall–Kier alpha value is -5.80. The summed E-state index contributed by atoms with van der Waals surface area (Å²) in [5.74, 6) is -2.51. The number of rotatable bonds is 10. The van der Waals surface area contributed by atoms with Crippen molar-refractivity contribution in [3.05, 3.63) is 71.5 Å². The van der Waals surface area contributed by atoms with E-state index in [1.54, 1.807) is 19.2 Å². The number of aryl methyl sites for hydroxylation is 2. The van der Waals surface area contributed by atoms with Gasteiger partial charge in [0.25, 0.3) is 5.91 Å². The number of amides is 4. The van der Waals surface area contributed by atoms with Crippen molar-refractivity contribution in [1.82, 2.24) is 40.4 Å². The van der Waals surface area contributed by atoms with Crippen LogP contribution in [-0.2, 0) is 54.5 Å². The monoisotopic (exact) mass is 876 g/mol. The highest BCUT2D eigenvalue weighted by molar-refractivity contribution is 5.96. The molecule has 3 aliphatic heterocycles. The molecule has 6 bridgehead atoms. The van der Waals surface area contributed by atoms with E-state index in [1.165, 1.54) is 27.4 Å². The predicted octanol–water partition coefficient (Wildman–Crippen LogP) is 4.61. The number of carbonyl (C=O) groups excluding carboxylic acids is 5.